The van der Waals surface area contributed by atoms with Crippen LogP contribution in [0.25, 0.3) is 83.5 Å². The Morgan fingerprint density at radius 2 is 1.17 bits per heavy atom. The molecule has 10 aromatic rings. The van der Waals surface area contributed by atoms with Gasteiger partial charge in [0.15, 0.2) is 0 Å². The molecule has 0 aliphatic heterocycles. The van der Waals surface area contributed by atoms with Crippen LogP contribution in [0.5, 0.6) is 11.5 Å². The van der Waals surface area contributed by atoms with E-state index in [4.69, 9.17) is 12.5 Å². The van der Waals surface area contributed by atoms with Gasteiger partial charge in [-0.05, 0) is 116 Å². The fourth-order valence-electron chi connectivity index (χ4n) is 8.57. The van der Waals surface area contributed by atoms with E-state index in [1.54, 1.807) is 9.13 Å². The van der Waals surface area contributed by atoms with E-state index < -0.39 is 0 Å². The van der Waals surface area contributed by atoms with Gasteiger partial charge in [0.1, 0.15) is 17.3 Å². The third kappa shape index (κ3) is 5.93. The molecule has 0 spiro atoms. The number of benzene rings is 7. The van der Waals surface area contributed by atoms with E-state index in [9.17, 15) is 0 Å². The highest BCUT2D eigenvalue weighted by Gasteiger charge is 2.22. The predicted octanol–water partition coefficient (Wildman–Crippen LogP) is 13.1. The molecule has 0 N–H and O–H groups in total. The summed E-state index contributed by atoms with van der Waals surface area (Å²) in [4.78, 5) is 4.83. The molecule has 5 nitrogen and oxygen atoms in total. The number of fused-ring (bicyclic) bond motifs is 11. The van der Waals surface area contributed by atoms with Gasteiger partial charge in [0, 0.05) is 35.4 Å². The lowest BCUT2D eigenvalue weighted by Gasteiger charge is -2.23. The normalized spacial score (nSPS) is 12.5. The summed E-state index contributed by atoms with van der Waals surface area (Å²) in [5.74, 6) is 2.13. The molecule has 0 unspecified atom stereocenters. The second kappa shape index (κ2) is 13.6. The Morgan fingerprint density at radius 1 is 0.559 bits per heavy atom. The largest absolute Gasteiger partial charge is 0.458 e. The van der Waals surface area contributed by atoms with Gasteiger partial charge in [-0.2, -0.15) is 0 Å². The molecule has 59 heavy (non-hydrogen) atoms. The first-order valence-corrected chi connectivity index (χ1v) is 20.0. The minimum absolute atomic E-state index is 0.0134. The van der Waals surface area contributed by atoms with Crippen LogP contribution in [0.3, 0.4) is 0 Å². The van der Waals surface area contributed by atoms with Gasteiger partial charge in [0.2, 0.25) is 0 Å². The van der Waals surface area contributed by atoms with Crippen molar-refractivity contribution in [3.8, 4) is 73.2 Å². The third-order valence-corrected chi connectivity index (χ3v) is 11.5. The Balaban J connectivity index is 0.970. The second-order valence-electron chi connectivity index (χ2n) is 16.1. The summed E-state index contributed by atoms with van der Waals surface area (Å²) in [6.45, 7) is 6.64. The van der Waals surface area contributed by atoms with Crippen LogP contribution in [0, 0.1) is 6.33 Å². The lowest BCUT2D eigenvalue weighted by atomic mass is 9.81. The van der Waals surface area contributed by atoms with Gasteiger partial charge in [-0.15, -0.1) is 0 Å². The fraction of sp³-hybridized carbons (Fsp3) is 0.0741. The van der Waals surface area contributed by atoms with Crippen molar-refractivity contribution < 1.29 is 12.0 Å². The molecular weight excluding hydrogens is 721 g/mol. The topological polar surface area (TPSA) is 35.9 Å². The minimum atomic E-state index is -0.0298. The van der Waals surface area contributed by atoms with Crippen molar-refractivity contribution in [2.75, 3.05) is 0 Å². The molecule has 0 bridgehead atoms. The molecule has 1 aliphatic carbocycles. The summed E-state index contributed by atoms with van der Waals surface area (Å²) in [5.41, 5.74) is 13.8. The zero-order valence-corrected chi connectivity index (χ0v) is 32.9. The van der Waals surface area contributed by atoms with Crippen molar-refractivity contribution >= 4 is 21.8 Å². The average molecular weight is 763 g/mol. The van der Waals surface area contributed by atoms with Gasteiger partial charge in [-0.1, -0.05) is 124 Å². The van der Waals surface area contributed by atoms with Crippen LogP contribution in [0.2, 0.25) is 0 Å². The number of hydrogen-bond acceptors (Lipinski definition) is 2. The number of para-hydroxylation sites is 1. The lowest BCUT2D eigenvalue weighted by molar-refractivity contribution is -0.599. The smallest absolute Gasteiger partial charge is 0.268 e. The van der Waals surface area contributed by atoms with Crippen LogP contribution in [-0.2, 0) is 5.41 Å². The number of hydrogen-bond donors (Lipinski definition) is 0. The van der Waals surface area contributed by atoms with E-state index in [2.05, 4.69) is 165 Å². The second-order valence-corrected chi connectivity index (χ2v) is 16.1. The number of pyridine rings is 1. The highest BCUT2D eigenvalue weighted by atomic mass is 16.5. The molecule has 282 valence electrons. The molecular formula is C54H40N4O. The predicted molar refractivity (Wildman–Crippen MR) is 239 cm³/mol. The summed E-state index contributed by atoms with van der Waals surface area (Å²) < 4.78 is 30.3. The summed E-state index contributed by atoms with van der Waals surface area (Å²) in [6, 6.07) is 58.4. The van der Waals surface area contributed by atoms with Crippen LogP contribution < -0.4 is 9.30 Å². The monoisotopic (exact) mass is 762 g/mol. The van der Waals surface area contributed by atoms with Crippen molar-refractivity contribution in [2.45, 2.75) is 26.2 Å². The van der Waals surface area contributed by atoms with Gasteiger partial charge >= 0.3 is 0 Å². The summed E-state index contributed by atoms with van der Waals surface area (Å²) >= 11 is 0. The van der Waals surface area contributed by atoms with Crippen molar-refractivity contribution in [1.82, 2.24) is 14.1 Å². The SMILES string of the molecule is [2H]c1c([2H])[n+](-c2ccc3c(c2)-c2ccccc2-c2ccccc2-c2ccccc2-3)[c-]n1-c1cccc(Oc2ccc3c4ccccc4n(-c4cc(C(C)(C)C)ccn4)c3c2)c1. The van der Waals surface area contributed by atoms with Crippen LogP contribution in [0.15, 0.2) is 188 Å². The van der Waals surface area contributed by atoms with E-state index in [1.165, 1.54) is 22.3 Å². The molecule has 3 aromatic heterocycles. The number of rotatable bonds is 5. The molecule has 0 saturated carbocycles. The molecule has 0 fully saturated rings. The Hall–Kier alpha value is -7.50. The molecule has 0 amide bonds. The minimum Gasteiger partial charge on any atom is -0.458 e. The molecule has 0 radical (unpaired) electrons. The Kier molecular flexibility index (Phi) is 7.49. The van der Waals surface area contributed by atoms with E-state index in [-0.39, 0.29) is 17.8 Å². The summed E-state index contributed by atoms with van der Waals surface area (Å²) in [7, 11) is 0. The van der Waals surface area contributed by atoms with Crippen LogP contribution in [0.1, 0.15) is 29.1 Å². The van der Waals surface area contributed by atoms with Crippen molar-refractivity contribution in [3.05, 3.63) is 200 Å². The first-order chi connectivity index (χ1) is 29.7. The maximum atomic E-state index is 9.16. The van der Waals surface area contributed by atoms with Crippen molar-refractivity contribution in [1.29, 1.82) is 0 Å². The number of imidazole rings is 1. The Bertz CT molecular complexity index is 3370. The van der Waals surface area contributed by atoms with Crippen molar-refractivity contribution in [2.24, 2.45) is 0 Å². The van der Waals surface area contributed by atoms with E-state index in [0.29, 0.717) is 17.2 Å². The third-order valence-electron chi connectivity index (χ3n) is 11.5. The quantitative estimate of drug-likeness (QED) is 0.129. The summed E-state index contributed by atoms with van der Waals surface area (Å²) in [6.07, 6.45) is 5.27. The van der Waals surface area contributed by atoms with E-state index in [1.807, 2.05) is 42.6 Å². The van der Waals surface area contributed by atoms with Crippen LogP contribution in [0.4, 0.5) is 0 Å². The molecule has 3 heterocycles. The molecule has 7 aromatic carbocycles. The molecule has 5 heteroatoms. The van der Waals surface area contributed by atoms with Gasteiger partial charge in [0.25, 0.3) is 6.33 Å². The molecule has 11 rings (SSSR count). The zero-order valence-electron chi connectivity index (χ0n) is 34.9. The maximum Gasteiger partial charge on any atom is 0.268 e. The Labute approximate surface area is 346 Å². The first-order valence-electron chi connectivity index (χ1n) is 21.0. The van der Waals surface area contributed by atoms with Gasteiger partial charge < -0.3 is 4.74 Å². The highest BCUT2D eigenvalue weighted by Crippen LogP contribution is 2.47. The molecule has 0 saturated heterocycles. The van der Waals surface area contributed by atoms with Gasteiger partial charge in [0.05, 0.1) is 25.1 Å². The fourth-order valence-corrected chi connectivity index (χ4v) is 8.57. The van der Waals surface area contributed by atoms with E-state index in [0.717, 1.165) is 61.1 Å². The zero-order chi connectivity index (χ0) is 41.4. The van der Waals surface area contributed by atoms with E-state index >= 15 is 0 Å². The van der Waals surface area contributed by atoms with Gasteiger partial charge in [-0.3, -0.25) is 13.7 Å². The number of nitrogens with zero attached hydrogens (tertiary/aromatic N) is 4. The molecule has 1 aliphatic rings. The first kappa shape index (κ1) is 32.6. The lowest BCUT2D eigenvalue weighted by Crippen LogP contribution is -2.28. The molecule has 0 atom stereocenters. The summed E-state index contributed by atoms with van der Waals surface area (Å²) in [5, 5.41) is 2.25. The number of aromatic nitrogens is 4. The Morgan fingerprint density at radius 3 is 1.86 bits per heavy atom. The number of ether oxygens (including phenoxy) is 1. The average Bonchev–Trinajstić information content (AvgIpc) is 3.78. The highest BCUT2D eigenvalue weighted by molar-refractivity contribution is 6.09. The standard InChI is InChI=1S/C54H40N4O/c1-54(2,3)36-27-28-55-53(31-36)58-51-22-11-10-21-48(51)49-26-24-40(34-52(49)58)59-39-14-12-13-37(32-39)56-29-30-57(35-56)38-23-25-47-45-19-7-6-17-43(45)41-15-4-5-16-42(41)44-18-8-9-20-46(44)50(47)33-38/h4-34H,1-3H3/i29D,30D. The van der Waals surface area contributed by atoms with Crippen LogP contribution in [-0.4, -0.2) is 14.1 Å². The van der Waals surface area contributed by atoms with Gasteiger partial charge in [-0.25, -0.2) is 4.98 Å². The van der Waals surface area contributed by atoms with Crippen LogP contribution >= 0.6 is 0 Å². The maximum absolute atomic E-state index is 9.16. The van der Waals surface area contributed by atoms with Crippen molar-refractivity contribution in [3.63, 3.8) is 0 Å².